The number of pyridine rings is 1. The Morgan fingerprint density at radius 2 is 1.86 bits per heavy atom. The molecule has 0 saturated carbocycles. The molecule has 7 heteroatoms. The van der Waals surface area contributed by atoms with Crippen LogP contribution in [0.4, 0.5) is 0 Å². The number of rotatable bonds is 5. The monoisotopic (exact) mass is 530 g/mol. The van der Waals surface area contributed by atoms with Gasteiger partial charge in [-0.1, -0.05) is 48.5 Å². The van der Waals surface area contributed by atoms with Gasteiger partial charge in [0.25, 0.3) is 0 Å². The molecule has 3 aromatic carbocycles. The molecule has 2 N–H and O–H groups in total. The number of halogens is 1. The lowest BCUT2D eigenvalue weighted by molar-refractivity contribution is 0.0696. The van der Waals surface area contributed by atoms with Gasteiger partial charge in [-0.05, 0) is 56.9 Å². The average Bonchev–Trinajstić information content (AvgIpc) is 2.85. The maximum atomic E-state index is 12.5. The normalized spacial score (nSPS) is 14.7. The van der Waals surface area contributed by atoms with Crippen molar-refractivity contribution in [3.8, 4) is 11.5 Å². The van der Waals surface area contributed by atoms with Crippen LogP contribution in [0, 0.1) is 0 Å². The first-order valence-electron chi connectivity index (χ1n) is 11.1. The van der Waals surface area contributed by atoms with E-state index >= 15 is 0 Å². The summed E-state index contributed by atoms with van der Waals surface area (Å²) in [5.74, 6) is -0.586. The van der Waals surface area contributed by atoms with Crippen molar-refractivity contribution in [1.82, 2.24) is 9.88 Å². The third-order valence-corrected chi connectivity index (χ3v) is 6.75. The Labute approximate surface area is 211 Å². The first kappa shape index (κ1) is 23.1. The van der Waals surface area contributed by atoms with Crippen LogP contribution in [0.2, 0.25) is 0 Å². The fourth-order valence-corrected chi connectivity index (χ4v) is 5.07. The summed E-state index contributed by atoms with van der Waals surface area (Å²) in [6.07, 6.45) is 1.98. The number of aromatic hydroxyl groups is 1. The van der Waals surface area contributed by atoms with Gasteiger partial charge in [0.15, 0.2) is 11.5 Å². The Kier molecular flexibility index (Phi) is 6.28. The highest BCUT2D eigenvalue weighted by atomic mass is 79.9. The molecule has 35 heavy (non-hydrogen) atoms. The minimum atomic E-state index is -0.963. The molecule has 4 aromatic rings. The van der Waals surface area contributed by atoms with Crippen molar-refractivity contribution in [2.75, 3.05) is 13.7 Å². The number of carboxylic acids is 1. The number of aromatic carboxylic acids is 1. The van der Waals surface area contributed by atoms with E-state index in [0.717, 1.165) is 16.7 Å². The molecule has 0 atom stereocenters. The molecule has 5 rings (SSSR count). The number of carboxylic acid groups (broad SMARTS) is 1. The van der Waals surface area contributed by atoms with Gasteiger partial charge in [-0.3, -0.25) is 4.90 Å². The van der Waals surface area contributed by atoms with E-state index in [1.807, 2.05) is 48.5 Å². The molecule has 0 aliphatic carbocycles. The van der Waals surface area contributed by atoms with Gasteiger partial charge in [0.1, 0.15) is 0 Å². The lowest BCUT2D eigenvalue weighted by atomic mass is 9.91. The topological polar surface area (TPSA) is 82.9 Å². The van der Waals surface area contributed by atoms with Crippen LogP contribution in [-0.4, -0.2) is 39.7 Å². The molecule has 2 heterocycles. The zero-order valence-electron chi connectivity index (χ0n) is 19.0. The summed E-state index contributed by atoms with van der Waals surface area (Å²) in [5, 5.41) is 21.1. The van der Waals surface area contributed by atoms with Crippen molar-refractivity contribution < 1.29 is 19.7 Å². The van der Waals surface area contributed by atoms with Crippen LogP contribution in [0.15, 0.2) is 71.2 Å². The summed E-state index contributed by atoms with van der Waals surface area (Å²) in [6.45, 7) is 1.74. The number of benzene rings is 3. The maximum Gasteiger partial charge on any atom is 0.336 e. The Morgan fingerprint density at radius 1 is 1.11 bits per heavy atom. The zero-order chi connectivity index (χ0) is 24.5. The van der Waals surface area contributed by atoms with E-state index in [0.29, 0.717) is 57.6 Å². The summed E-state index contributed by atoms with van der Waals surface area (Å²) >= 11 is 3.39. The number of hydrogen-bond acceptors (Lipinski definition) is 5. The van der Waals surface area contributed by atoms with E-state index in [1.165, 1.54) is 7.11 Å². The number of methoxy groups -OCH3 is 1. The molecule has 1 aliphatic heterocycles. The lowest BCUT2D eigenvalue weighted by Crippen LogP contribution is -2.31. The Hall–Kier alpha value is -3.68. The number of nitrogens with zero attached hydrogens (tertiary/aromatic N) is 2. The van der Waals surface area contributed by atoms with Crippen molar-refractivity contribution in [2.24, 2.45) is 0 Å². The van der Waals surface area contributed by atoms with Gasteiger partial charge < -0.3 is 14.9 Å². The second-order valence-corrected chi connectivity index (χ2v) is 9.34. The molecule has 0 amide bonds. The molecule has 1 aliphatic rings. The van der Waals surface area contributed by atoms with Crippen LogP contribution in [0.25, 0.3) is 22.6 Å². The Balaban J connectivity index is 1.70. The van der Waals surface area contributed by atoms with E-state index in [2.05, 4.69) is 33.0 Å². The molecular weight excluding hydrogens is 508 g/mol. The molecular formula is C28H23BrN2O4. The van der Waals surface area contributed by atoms with Crippen LogP contribution >= 0.6 is 15.9 Å². The van der Waals surface area contributed by atoms with Crippen molar-refractivity contribution in [1.29, 1.82) is 0 Å². The van der Waals surface area contributed by atoms with E-state index < -0.39 is 5.97 Å². The maximum absolute atomic E-state index is 12.5. The number of aromatic nitrogens is 1. The number of fused-ring (bicyclic) bond motifs is 2. The fourth-order valence-electron chi connectivity index (χ4n) is 4.61. The van der Waals surface area contributed by atoms with Crippen molar-refractivity contribution >= 4 is 44.5 Å². The number of para-hydroxylation sites is 1. The summed E-state index contributed by atoms with van der Waals surface area (Å²) in [7, 11) is 1.50. The number of ether oxygens (including phenoxy) is 1. The Bertz CT molecular complexity index is 1470. The number of carbonyl (C=O) groups is 1. The van der Waals surface area contributed by atoms with E-state index in [-0.39, 0.29) is 5.75 Å². The highest BCUT2D eigenvalue weighted by Gasteiger charge is 2.28. The van der Waals surface area contributed by atoms with Crippen molar-refractivity contribution in [3.63, 3.8) is 0 Å². The van der Waals surface area contributed by atoms with Gasteiger partial charge in [0.2, 0.25) is 0 Å². The van der Waals surface area contributed by atoms with Gasteiger partial charge in [-0.2, -0.15) is 0 Å². The lowest BCUT2D eigenvalue weighted by Gasteiger charge is -2.31. The minimum Gasteiger partial charge on any atom is -0.503 e. The van der Waals surface area contributed by atoms with Gasteiger partial charge in [-0.15, -0.1) is 0 Å². The molecule has 1 aromatic heterocycles. The summed E-state index contributed by atoms with van der Waals surface area (Å²) < 4.78 is 5.83. The predicted octanol–water partition coefficient (Wildman–Crippen LogP) is 5.97. The van der Waals surface area contributed by atoms with E-state index in [1.54, 1.807) is 12.1 Å². The smallest absolute Gasteiger partial charge is 0.336 e. The van der Waals surface area contributed by atoms with E-state index in [9.17, 15) is 15.0 Å². The molecule has 0 saturated heterocycles. The summed E-state index contributed by atoms with van der Waals surface area (Å²) in [4.78, 5) is 19.6. The second-order valence-electron chi connectivity index (χ2n) is 8.49. The second kappa shape index (κ2) is 9.52. The zero-order valence-corrected chi connectivity index (χ0v) is 20.6. The summed E-state index contributed by atoms with van der Waals surface area (Å²) in [6, 6.07) is 21.0. The molecule has 176 valence electrons. The standard InChI is InChI=1S/C28H23BrN2O4/c1-35-24-13-18(12-22(29)27(24)32)11-19-15-31(14-17-7-3-2-4-8-17)16-21-25(28(33)34)20-9-5-6-10-23(20)30-26(19)21/h2-13,32H,14-16H2,1H3,(H,33,34). The number of phenols is 1. The van der Waals surface area contributed by atoms with Crippen molar-refractivity contribution in [2.45, 2.75) is 13.1 Å². The van der Waals surface area contributed by atoms with Gasteiger partial charge >= 0.3 is 5.97 Å². The first-order valence-corrected chi connectivity index (χ1v) is 11.9. The van der Waals surface area contributed by atoms with Crippen LogP contribution in [0.1, 0.15) is 32.7 Å². The highest BCUT2D eigenvalue weighted by molar-refractivity contribution is 9.10. The molecule has 0 bridgehead atoms. The minimum absolute atomic E-state index is 0.0293. The fraction of sp³-hybridized carbons (Fsp3) is 0.143. The molecule has 0 unspecified atom stereocenters. The molecule has 6 nitrogen and oxygen atoms in total. The molecule has 0 spiro atoms. The number of phenolic OH excluding ortho intramolecular Hbond substituents is 1. The largest absolute Gasteiger partial charge is 0.503 e. The van der Waals surface area contributed by atoms with Gasteiger partial charge in [0.05, 0.1) is 28.4 Å². The molecule has 0 radical (unpaired) electrons. The van der Waals surface area contributed by atoms with Crippen LogP contribution in [-0.2, 0) is 13.1 Å². The van der Waals surface area contributed by atoms with Crippen molar-refractivity contribution in [3.05, 3.63) is 99.2 Å². The van der Waals surface area contributed by atoms with Crippen LogP contribution in [0.3, 0.4) is 0 Å². The Morgan fingerprint density at radius 3 is 2.60 bits per heavy atom. The highest BCUT2D eigenvalue weighted by Crippen LogP contribution is 2.38. The quantitative estimate of drug-likeness (QED) is 0.331. The first-order chi connectivity index (χ1) is 16.9. The van der Waals surface area contributed by atoms with Crippen LogP contribution in [0.5, 0.6) is 11.5 Å². The molecule has 0 fully saturated rings. The third kappa shape index (κ3) is 4.52. The van der Waals surface area contributed by atoms with Crippen LogP contribution < -0.4 is 4.74 Å². The number of hydrogen-bond donors (Lipinski definition) is 2. The predicted molar refractivity (Wildman–Crippen MR) is 139 cm³/mol. The van der Waals surface area contributed by atoms with E-state index in [4.69, 9.17) is 9.72 Å². The average molecular weight is 531 g/mol. The third-order valence-electron chi connectivity index (χ3n) is 6.15. The SMILES string of the molecule is COc1cc(C=C2CN(Cc3ccccc3)Cc3c2nc2ccccc2c3C(=O)O)cc(Br)c1O. The summed E-state index contributed by atoms with van der Waals surface area (Å²) in [5.41, 5.74) is 5.18. The van der Waals surface area contributed by atoms with Gasteiger partial charge in [0, 0.05) is 30.6 Å². The van der Waals surface area contributed by atoms with Gasteiger partial charge in [-0.25, -0.2) is 9.78 Å².